The van der Waals surface area contributed by atoms with Gasteiger partial charge < -0.3 is 5.32 Å². The van der Waals surface area contributed by atoms with Crippen molar-refractivity contribution >= 4 is 5.91 Å². The minimum absolute atomic E-state index is 0.125. The molecule has 1 aromatic carbocycles. The van der Waals surface area contributed by atoms with Gasteiger partial charge >= 0.3 is 0 Å². The zero-order chi connectivity index (χ0) is 16.8. The second kappa shape index (κ2) is 7.32. The predicted octanol–water partition coefficient (Wildman–Crippen LogP) is 1.62. The fourth-order valence-electron chi connectivity index (χ4n) is 2.22. The van der Waals surface area contributed by atoms with Crippen molar-refractivity contribution in [2.24, 2.45) is 0 Å². The Kier molecular flexibility index (Phi) is 4.76. The summed E-state index contributed by atoms with van der Waals surface area (Å²) in [6.45, 7) is 0.288. The van der Waals surface area contributed by atoms with Crippen LogP contribution in [-0.4, -0.2) is 20.7 Å². The molecule has 2 aromatic heterocycles. The third kappa shape index (κ3) is 3.92. The minimum Gasteiger partial charge on any atom is -0.350 e. The maximum absolute atomic E-state index is 12.1. The number of pyridine rings is 1. The monoisotopic (exact) mass is 320 g/mol. The van der Waals surface area contributed by atoms with Gasteiger partial charge in [0.05, 0.1) is 5.69 Å². The molecule has 0 aliphatic rings. The molecule has 0 radical (unpaired) electrons. The zero-order valence-electron chi connectivity index (χ0n) is 12.9. The van der Waals surface area contributed by atoms with E-state index >= 15 is 0 Å². The van der Waals surface area contributed by atoms with E-state index in [1.165, 1.54) is 6.07 Å². The van der Waals surface area contributed by atoms with E-state index in [4.69, 9.17) is 0 Å². The van der Waals surface area contributed by atoms with Gasteiger partial charge in [-0.1, -0.05) is 30.3 Å². The van der Waals surface area contributed by atoms with E-state index in [9.17, 15) is 9.59 Å². The first-order valence-electron chi connectivity index (χ1n) is 7.51. The number of hydrogen-bond donors (Lipinski definition) is 1. The largest absolute Gasteiger partial charge is 0.350 e. The molecular formula is C18H16N4O2. The standard InChI is InChI=1S/C18H16N4O2/c23-17(20-11-14-5-2-1-3-6-14)13-22-18(24)9-8-16(21-22)15-7-4-10-19-12-15/h1-10,12H,11,13H2,(H,20,23). The molecule has 6 nitrogen and oxygen atoms in total. The SMILES string of the molecule is O=C(Cn1nc(-c2cccnc2)ccc1=O)NCc1ccccc1. The Morgan fingerprint density at radius 2 is 1.88 bits per heavy atom. The smallest absolute Gasteiger partial charge is 0.267 e. The number of carbonyl (C=O) groups excluding carboxylic acids is 1. The van der Waals surface area contributed by atoms with Gasteiger partial charge in [0, 0.05) is 30.6 Å². The van der Waals surface area contributed by atoms with E-state index in [1.807, 2.05) is 36.4 Å². The molecule has 2 heterocycles. The van der Waals surface area contributed by atoms with Crippen molar-refractivity contribution in [2.45, 2.75) is 13.1 Å². The van der Waals surface area contributed by atoms with Crippen molar-refractivity contribution in [3.63, 3.8) is 0 Å². The molecule has 1 amide bonds. The Bertz CT molecular complexity index is 876. The van der Waals surface area contributed by atoms with Crippen molar-refractivity contribution in [1.82, 2.24) is 20.1 Å². The van der Waals surface area contributed by atoms with Crippen LogP contribution in [0.5, 0.6) is 0 Å². The first-order chi connectivity index (χ1) is 11.7. The molecule has 0 fully saturated rings. The van der Waals surface area contributed by atoms with Gasteiger partial charge in [0.2, 0.25) is 5.91 Å². The summed E-state index contributed by atoms with van der Waals surface area (Å²) >= 11 is 0. The van der Waals surface area contributed by atoms with Gasteiger partial charge in [0.15, 0.2) is 0 Å². The van der Waals surface area contributed by atoms with Gasteiger partial charge in [0.1, 0.15) is 6.54 Å². The van der Waals surface area contributed by atoms with Crippen LogP contribution in [0.2, 0.25) is 0 Å². The molecule has 24 heavy (non-hydrogen) atoms. The van der Waals surface area contributed by atoms with E-state index in [0.29, 0.717) is 12.2 Å². The Morgan fingerprint density at radius 3 is 2.62 bits per heavy atom. The van der Waals surface area contributed by atoms with Crippen molar-refractivity contribution in [3.8, 4) is 11.3 Å². The minimum atomic E-state index is -0.322. The summed E-state index contributed by atoms with van der Waals surface area (Å²) in [6, 6.07) is 16.2. The summed E-state index contributed by atoms with van der Waals surface area (Å²) in [5.41, 5.74) is 2.06. The molecule has 0 saturated heterocycles. The van der Waals surface area contributed by atoms with Gasteiger partial charge in [-0.25, -0.2) is 4.68 Å². The maximum Gasteiger partial charge on any atom is 0.267 e. The zero-order valence-corrected chi connectivity index (χ0v) is 12.9. The van der Waals surface area contributed by atoms with E-state index in [1.54, 1.807) is 24.5 Å². The van der Waals surface area contributed by atoms with Crippen molar-refractivity contribution in [3.05, 3.63) is 82.9 Å². The van der Waals surface area contributed by atoms with E-state index in [-0.39, 0.29) is 18.0 Å². The molecule has 0 aliphatic carbocycles. The molecule has 0 unspecified atom stereocenters. The fourth-order valence-corrected chi connectivity index (χ4v) is 2.22. The summed E-state index contributed by atoms with van der Waals surface area (Å²) in [4.78, 5) is 28.0. The molecule has 1 N–H and O–H groups in total. The Labute approximate surface area is 138 Å². The summed E-state index contributed by atoms with van der Waals surface area (Å²) in [5.74, 6) is -0.267. The number of hydrogen-bond acceptors (Lipinski definition) is 4. The fraction of sp³-hybridized carbons (Fsp3) is 0.111. The molecule has 0 saturated carbocycles. The van der Waals surface area contributed by atoms with Gasteiger partial charge in [-0.3, -0.25) is 14.6 Å². The molecule has 0 bridgehead atoms. The third-order valence-corrected chi connectivity index (χ3v) is 3.45. The highest BCUT2D eigenvalue weighted by Gasteiger charge is 2.08. The highest BCUT2D eigenvalue weighted by Crippen LogP contribution is 2.12. The number of nitrogens with zero attached hydrogens (tertiary/aromatic N) is 3. The Morgan fingerprint density at radius 1 is 1.04 bits per heavy atom. The van der Waals surface area contributed by atoms with Crippen LogP contribution < -0.4 is 10.9 Å². The molecule has 120 valence electrons. The molecular weight excluding hydrogens is 304 g/mol. The lowest BCUT2D eigenvalue weighted by Gasteiger charge is -2.08. The van der Waals surface area contributed by atoms with Crippen LogP contribution in [0.3, 0.4) is 0 Å². The maximum atomic E-state index is 12.1. The first-order valence-corrected chi connectivity index (χ1v) is 7.51. The molecule has 0 spiro atoms. The topological polar surface area (TPSA) is 76.9 Å². The Hall–Kier alpha value is -3.28. The second-order valence-electron chi connectivity index (χ2n) is 5.22. The van der Waals surface area contributed by atoms with E-state index in [0.717, 1.165) is 15.8 Å². The molecule has 6 heteroatoms. The number of carbonyl (C=O) groups is 1. The third-order valence-electron chi connectivity index (χ3n) is 3.45. The number of amides is 1. The quantitative estimate of drug-likeness (QED) is 0.775. The van der Waals surface area contributed by atoms with Crippen molar-refractivity contribution in [2.75, 3.05) is 0 Å². The van der Waals surface area contributed by atoms with Crippen LogP contribution in [0.15, 0.2) is 71.8 Å². The Balaban J connectivity index is 1.70. The van der Waals surface area contributed by atoms with Crippen LogP contribution in [0.4, 0.5) is 0 Å². The number of rotatable bonds is 5. The highest BCUT2D eigenvalue weighted by molar-refractivity contribution is 5.75. The van der Waals surface area contributed by atoms with Crippen LogP contribution >= 0.6 is 0 Å². The number of benzene rings is 1. The van der Waals surface area contributed by atoms with Crippen molar-refractivity contribution < 1.29 is 4.79 Å². The lowest BCUT2D eigenvalue weighted by atomic mass is 10.2. The van der Waals surface area contributed by atoms with Crippen LogP contribution in [0, 0.1) is 0 Å². The lowest BCUT2D eigenvalue weighted by Crippen LogP contribution is -2.33. The highest BCUT2D eigenvalue weighted by atomic mass is 16.2. The van der Waals surface area contributed by atoms with Gasteiger partial charge in [-0.15, -0.1) is 0 Å². The number of nitrogens with one attached hydrogen (secondary N) is 1. The van der Waals surface area contributed by atoms with Gasteiger partial charge in [0.25, 0.3) is 5.56 Å². The van der Waals surface area contributed by atoms with Crippen LogP contribution in [0.1, 0.15) is 5.56 Å². The molecule has 3 rings (SSSR count). The van der Waals surface area contributed by atoms with Crippen LogP contribution in [-0.2, 0) is 17.9 Å². The second-order valence-corrected chi connectivity index (χ2v) is 5.22. The normalized spacial score (nSPS) is 10.3. The van der Waals surface area contributed by atoms with Crippen molar-refractivity contribution in [1.29, 1.82) is 0 Å². The van der Waals surface area contributed by atoms with Gasteiger partial charge in [-0.2, -0.15) is 5.10 Å². The summed E-state index contributed by atoms with van der Waals surface area (Å²) in [7, 11) is 0. The average Bonchev–Trinajstić information content (AvgIpc) is 2.63. The molecule has 0 aliphatic heterocycles. The summed E-state index contributed by atoms with van der Waals surface area (Å²) in [6.07, 6.45) is 3.32. The number of aromatic nitrogens is 3. The average molecular weight is 320 g/mol. The molecule has 0 atom stereocenters. The first kappa shape index (κ1) is 15.6. The van der Waals surface area contributed by atoms with E-state index in [2.05, 4.69) is 15.4 Å². The van der Waals surface area contributed by atoms with Gasteiger partial charge in [-0.05, 0) is 23.8 Å². The summed E-state index contributed by atoms with van der Waals surface area (Å²) < 4.78 is 1.16. The summed E-state index contributed by atoms with van der Waals surface area (Å²) in [5, 5.41) is 7.02. The van der Waals surface area contributed by atoms with E-state index < -0.39 is 0 Å². The van der Waals surface area contributed by atoms with Crippen LogP contribution in [0.25, 0.3) is 11.3 Å². The predicted molar refractivity (Wildman–Crippen MR) is 90.0 cm³/mol. The molecule has 3 aromatic rings. The lowest BCUT2D eigenvalue weighted by molar-refractivity contribution is -0.122.